The maximum absolute atomic E-state index is 11.6. The van der Waals surface area contributed by atoms with E-state index >= 15 is 0 Å². The van der Waals surface area contributed by atoms with Crippen LogP contribution in [-0.2, 0) is 23.8 Å². The lowest BCUT2D eigenvalue weighted by molar-refractivity contribution is -0.294. The number of benzene rings is 2. The Morgan fingerprint density at radius 3 is 2.32 bits per heavy atom. The third-order valence-electron chi connectivity index (χ3n) is 5.82. The minimum atomic E-state index is -1.84. The number of carboxylic acid groups (broad SMARTS) is 1. The fraction of sp³-hybridized carbons (Fsp3) is 0.333. The molecule has 0 aromatic heterocycles. The summed E-state index contributed by atoms with van der Waals surface area (Å²) < 4.78 is 21.9. The zero-order valence-electron chi connectivity index (χ0n) is 19.4. The predicted molar refractivity (Wildman–Crippen MR) is 122 cm³/mol. The number of phenols is 4. The number of carbonyl (C=O) groups excluding carboxylic acids is 1. The Bertz CT molecular complexity index is 1260. The van der Waals surface area contributed by atoms with Gasteiger partial charge in [-0.1, -0.05) is 6.07 Å². The number of aromatic hydroxyl groups is 4. The second-order valence-corrected chi connectivity index (χ2v) is 8.56. The van der Waals surface area contributed by atoms with Crippen molar-refractivity contribution in [2.24, 2.45) is 0 Å². The summed E-state index contributed by atoms with van der Waals surface area (Å²) in [6, 6.07) is 5.97. The van der Waals surface area contributed by atoms with Crippen LogP contribution in [0.15, 0.2) is 36.1 Å². The molecule has 0 saturated carbocycles. The highest BCUT2D eigenvalue weighted by atomic mass is 16.7. The first-order valence-electron chi connectivity index (χ1n) is 11.1. The molecule has 0 spiro atoms. The average Bonchev–Trinajstić information content (AvgIpc) is 2.84. The third kappa shape index (κ3) is 5.52. The Labute approximate surface area is 213 Å². The largest absolute Gasteiger partial charge is 0.508 e. The molecule has 2 aliphatic heterocycles. The summed E-state index contributed by atoms with van der Waals surface area (Å²) in [5.41, 5.74) is 0.298. The zero-order chi connectivity index (χ0) is 27.7. The molecule has 38 heavy (non-hydrogen) atoms. The number of hydrogen-bond acceptors (Lipinski definition) is 13. The van der Waals surface area contributed by atoms with Gasteiger partial charge < -0.3 is 59.8 Å². The van der Waals surface area contributed by atoms with Gasteiger partial charge in [-0.05, 0) is 18.2 Å². The number of carboxylic acids is 1. The number of hydrogen-bond donors (Lipinski definition) is 8. The molecule has 204 valence electrons. The van der Waals surface area contributed by atoms with Crippen LogP contribution >= 0.6 is 0 Å². The van der Waals surface area contributed by atoms with Crippen LogP contribution in [0.4, 0.5) is 0 Å². The second kappa shape index (κ2) is 10.6. The van der Waals surface area contributed by atoms with Gasteiger partial charge in [0.05, 0.1) is 5.56 Å². The zero-order valence-corrected chi connectivity index (χ0v) is 19.4. The lowest BCUT2D eigenvalue weighted by Crippen LogP contribution is -2.59. The van der Waals surface area contributed by atoms with E-state index < -0.39 is 79.0 Å². The van der Waals surface area contributed by atoms with Gasteiger partial charge in [-0.15, -0.1) is 0 Å². The molecule has 1 saturated heterocycles. The maximum Gasteiger partial charge on any atom is 0.317 e. The van der Waals surface area contributed by atoms with Gasteiger partial charge in [-0.3, -0.25) is 9.59 Å². The van der Waals surface area contributed by atoms with Crippen LogP contribution < -0.4 is 4.74 Å². The molecule has 1 unspecified atom stereocenters. The minimum Gasteiger partial charge on any atom is -0.508 e. The number of aliphatic carboxylic acids is 1. The van der Waals surface area contributed by atoms with E-state index in [-0.39, 0.29) is 28.4 Å². The Hall–Kier alpha value is -4.24. The molecule has 0 aliphatic carbocycles. The highest BCUT2D eigenvalue weighted by Gasteiger charge is 2.46. The number of phenolic OH excluding ortho intramolecular Hbond substituents is 4. The summed E-state index contributed by atoms with van der Waals surface area (Å²) in [5.74, 6) is -4.29. The van der Waals surface area contributed by atoms with Crippen molar-refractivity contribution >= 4 is 18.0 Å². The molecule has 0 amide bonds. The highest BCUT2D eigenvalue weighted by molar-refractivity contribution is 5.90. The fourth-order valence-corrected chi connectivity index (χ4v) is 3.91. The molecular formula is C24H24O14. The average molecular weight is 536 g/mol. The van der Waals surface area contributed by atoms with Crippen molar-refractivity contribution in [1.82, 2.24) is 0 Å². The lowest BCUT2D eigenvalue weighted by atomic mass is 9.98. The first-order valence-corrected chi connectivity index (χ1v) is 11.1. The van der Waals surface area contributed by atoms with Gasteiger partial charge in [0.15, 0.2) is 17.6 Å². The fourth-order valence-electron chi connectivity index (χ4n) is 3.91. The maximum atomic E-state index is 11.6. The molecule has 1 fully saturated rings. The van der Waals surface area contributed by atoms with Crippen molar-refractivity contribution in [3.05, 3.63) is 47.2 Å². The summed E-state index contributed by atoms with van der Waals surface area (Å²) >= 11 is 0. The van der Waals surface area contributed by atoms with Crippen molar-refractivity contribution in [2.75, 3.05) is 6.61 Å². The molecule has 6 atom stereocenters. The quantitative estimate of drug-likeness (QED) is 0.130. The van der Waals surface area contributed by atoms with Crippen molar-refractivity contribution in [1.29, 1.82) is 0 Å². The van der Waals surface area contributed by atoms with E-state index in [0.29, 0.717) is 0 Å². The Morgan fingerprint density at radius 2 is 1.63 bits per heavy atom. The van der Waals surface area contributed by atoms with Gasteiger partial charge in [-0.2, -0.15) is 0 Å². The van der Waals surface area contributed by atoms with Gasteiger partial charge in [0.25, 0.3) is 0 Å². The van der Waals surface area contributed by atoms with Crippen molar-refractivity contribution < 1.29 is 69.4 Å². The molecular weight excluding hydrogens is 512 g/mol. The summed E-state index contributed by atoms with van der Waals surface area (Å²) in [7, 11) is 0. The van der Waals surface area contributed by atoms with Gasteiger partial charge in [0.1, 0.15) is 60.5 Å². The van der Waals surface area contributed by atoms with Crippen LogP contribution in [0.1, 0.15) is 23.7 Å². The van der Waals surface area contributed by atoms with Crippen LogP contribution in [0.3, 0.4) is 0 Å². The molecule has 8 N–H and O–H groups in total. The lowest BCUT2D eigenvalue weighted by Gasteiger charge is -2.41. The number of esters is 1. The summed E-state index contributed by atoms with van der Waals surface area (Å²) in [6.45, 7) is -0.676. The van der Waals surface area contributed by atoms with E-state index in [4.69, 9.17) is 24.1 Å². The van der Waals surface area contributed by atoms with Crippen molar-refractivity contribution in [3.8, 4) is 28.7 Å². The standard InChI is InChI=1S/C24H24O14/c25-10-4-13(27)11-6-16(23(36-15(11)5-10)9-1-2-12(26)14(28)3-9)37-24-22(34)21(33)20(32)17(38-24)8-35-19(31)7-18(29)30/h1-6,17,20-28,32-34H,7-8H2,(H,29,30)/t17-,20+,21-,22-,23?,24+/m1/s1. The van der Waals surface area contributed by atoms with Gasteiger partial charge in [0, 0.05) is 17.7 Å². The highest BCUT2D eigenvalue weighted by Crippen LogP contribution is 2.45. The van der Waals surface area contributed by atoms with E-state index in [1.807, 2.05) is 0 Å². The predicted octanol–water partition coefficient (Wildman–Crippen LogP) is -0.174. The molecule has 0 radical (unpaired) electrons. The summed E-state index contributed by atoms with van der Waals surface area (Å²) in [4.78, 5) is 22.2. The second-order valence-electron chi connectivity index (χ2n) is 8.56. The first kappa shape index (κ1) is 26.8. The van der Waals surface area contributed by atoms with Crippen LogP contribution in [0, 0.1) is 0 Å². The molecule has 14 nitrogen and oxygen atoms in total. The number of fused-ring (bicyclic) bond motifs is 1. The Morgan fingerprint density at radius 1 is 0.895 bits per heavy atom. The van der Waals surface area contributed by atoms with E-state index in [1.54, 1.807) is 0 Å². The molecule has 14 heteroatoms. The summed E-state index contributed by atoms with van der Waals surface area (Å²) in [5, 5.41) is 79.6. The van der Waals surface area contributed by atoms with E-state index in [2.05, 4.69) is 0 Å². The topological polar surface area (TPSA) is 233 Å². The van der Waals surface area contributed by atoms with Crippen LogP contribution in [0.2, 0.25) is 0 Å². The van der Waals surface area contributed by atoms with Crippen molar-refractivity contribution in [3.63, 3.8) is 0 Å². The Kier molecular flexibility index (Phi) is 7.50. The molecule has 2 heterocycles. The van der Waals surface area contributed by atoms with E-state index in [1.165, 1.54) is 24.3 Å². The van der Waals surface area contributed by atoms with Crippen molar-refractivity contribution in [2.45, 2.75) is 43.2 Å². The first-order chi connectivity index (χ1) is 17.9. The monoisotopic (exact) mass is 536 g/mol. The number of rotatable bonds is 7. The van der Waals surface area contributed by atoms with E-state index in [0.717, 1.165) is 12.1 Å². The normalized spacial score (nSPS) is 26.4. The number of aliphatic hydroxyl groups is 3. The van der Waals surface area contributed by atoms with Gasteiger partial charge in [0.2, 0.25) is 6.29 Å². The van der Waals surface area contributed by atoms with Crippen LogP contribution in [0.5, 0.6) is 28.7 Å². The molecule has 2 aliphatic rings. The third-order valence-corrected chi connectivity index (χ3v) is 5.82. The van der Waals surface area contributed by atoms with Gasteiger partial charge in [-0.25, -0.2) is 0 Å². The molecule has 0 bridgehead atoms. The Balaban J connectivity index is 1.63. The summed E-state index contributed by atoms with van der Waals surface area (Å²) in [6.07, 6.45) is -9.39. The number of aliphatic hydroxyl groups excluding tert-OH is 3. The van der Waals surface area contributed by atoms with E-state index in [9.17, 15) is 45.3 Å². The SMILES string of the molecule is O=C(O)CC(=O)OC[C@H]1O[C@H](OC2=Cc3c(O)cc(O)cc3OC2c2ccc(O)c(O)c2)[C@H](O)[C@H](O)[C@H]1O. The van der Waals surface area contributed by atoms with Crippen LogP contribution in [0.25, 0.3) is 6.08 Å². The number of carbonyl (C=O) groups is 2. The number of ether oxygens (including phenoxy) is 4. The molecule has 2 aromatic carbocycles. The van der Waals surface area contributed by atoms with Crippen LogP contribution in [-0.4, -0.2) is 90.1 Å². The smallest absolute Gasteiger partial charge is 0.317 e. The minimum absolute atomic E-state index is 0.0243. The molecule has 2 aromatic rings. The van der Waals surface area contributed by atoms with Gasteiger partial charge >= 0.3 is 11.9 Å². The molecule has 4 rings (SSSR count).